The molecule has 0 saturated carbocycles. The molecule has 0 aromatic carbocycles. The Bertz CT molecular complexity index is 187. The Hall–Kier alpha value is -0.590. The van der Waals surface area contributed by atoms with Crippen LogP contribution in [0.5, 0.6) is 0 Å². The van der Waals surface area contributed by atoms with Gasteiger partial charge in [0, 0.05) is 13.1 Å². The standard InChI is InChI=1S/C10H19N3/c1-7(2)8(3)9-5-12-10(4-11)13-6-9/h7-10,12-13H,5-6H2,1-3H3. The number of hydrogen-bond donors (Lipinski definition) is 2. The summed E-state index contributed by atoms with van der Waals surface area (Å²) in [6, 6.07) is 2.17. The van der Waals surface area contributed by atoms with E-state index in [2.05, 4.69) is 37.5 Å². The lowest BCUT2D eigenvalue weighted by molar-refractivity contribution is 0.216. The number of rotatable bonds is 2. The van der Waals surface area contributed by atoms with Gasteiger partial charge >= 0.3 is 0 Å². The summed E-state index contributed by atoms with van der Waals surface area (Å²) in [5.74, 6) is 2.08. The molecule has 0 bridgehead atoms. The molecule has 1 atom stereocenters. The Labute approximate surface area is 80.5 Å². The van der Waals surface area contributed by atoms with Gasteiger partial charge in [-0.25, -0.2) is 0 Å². The van der Waals surface area contributed by atoms with Crippen molar-refractivity contribution < 1.29 is 0 Å². The van der Waals surface area contributed by atoms with Crippen molar-refractivity contribution >= 4 is 0 Å². The summed E-state index contributed by atoms with van der Waals surface area (Å²) < 4.78 is 0. The first kappa shape index (κ1) is 10.5. The molecule has 0 aromatic heterocycles. The molecule has 0 spiro atoms. The Balaban J connectivity index is 2.37. The van der Waals surface area contributed by atoms with Crippen LogP contribution in [0.25, 0.3) is 0 Å². The average molecular weight is 181 g/mol. The molecule has 1 aliphatic heterocycles. The third kappa shape index (κ3) is 2.68. The summed E-state index contributed by atoms with van der Waals surface area (Å²) in [6.45, 7) is 8.71. The minimum atomic E-state index is -0.143. The van der Waals surface area contributed by atoms with E-state index in [-0.39, 0.29) is 6.17 Å². The van der Waals surface area contributed by atoms with Crippen LogP contribution in [-0.4, -0.2) is 19.3 Å². The molecule has 2 N–H and O–H groups in total. The Kier molecular flexibility index (Phi) is 3.71. The second-order valence-corrected chi connectivity index (χ2v) is 4.24. The van der Waals surface area contributed by atoms with Crippen molar-refractivity contribution in [3.63, 3.8) is 0 Å². The van der Waals surface area contributed by atoms with E-state index in [4.69, 9.17) is 5.26 Å². The molecule has 1 aliphatic rings. The van der Waals surface area contributed by atoms with Crippen molar-refractivity contribution in [3.8, 4) is 6.07 Å². The molecule has 74 valence electrons. The highest BCUT2D eigenvalue weighted by atomic mass is 15.1. The molecular formula is C10H19N3. The van der Waals surface area contributed by atoms with Gasteiger partial charge in [0.05, 0.1) is 6.07 Å². The summed E-state index contributed by atoms with van der Waals surface area (Å²) in [4.78, 5) is 0. The summed E-state index contributed by atoms with van der Waals surface area (Å²) >= 11 is 0. The summed E-state index contributed by atoms with van der Waals surface area (Å²) in [5.41, 5.74) is 0. The van der Waals surface area contributed by atoms with Gasteiger partial charge in [0.15, 0.2) is 0 Å². The van der Waals surface area contributed by atoms with Crippen LogP contribution in [0.3, 0.4) is 0 Å². The largest absolute Gasteiger partial charge is 0.290 e. The van der Waals surface area contributed by atoms with Gasteiger partial charge in [-0.3, -0.25) is 10.6 Å². The first-order chi connectivity index (χ1) is 6.15. The number of nitrogens with zero attached hydrogens (tertiary/aromatic N) is 1. The van der Waals surface area contributed by atoms with E-state index in [1.54, 1.807) is 0 Å². The quantitative estimate of drug-likeness (QED) is 0.666. The molecule has 3 nitrogen and oxygen atoms in total. The number of nitriles is 1. The van der Waals surface area contributed by atoms with Crippen LogP contribution in [0.15, 0.2) is 0 Å². The zero-order valence-electron chi connectivity index (χ0n) is 8.67. The van der Waals surface area contributed by atoms with Crippen LogP contribution in [0.1, 0.15) is 20.8 Å². The third-order valence-corrected chi connectivity index (χ3v) is 3.09. The lowest BCUT2D eigenvalue weighted by atomic mass is 9.84. The van der Waals surface area contributed by atoms with Gasteiger partial charge < -0.3 is 0 Å². The highest BCUT2D eigenvalue weighted by molar-refractivity contribution is 4.93. The Morgan fingerprint density at radius 3 is 2.15 bits per heavy atom. The number of nitrogens with one attached hydrogen (secondary N) is 2. The molecule has 1 rings (SSSR count). The summed E-state index contributed by atoms with van der Waals surface area (Å²) in [6.07, 6.45) is -0.143. The topological polar surface area (TPSA) is 47.9 Å². The lowest BCUT2D eigenvalue weighted by Crippen LogP contribution is -2.53. The molecule has 1 unspecified atom stereocenters. The SMILES string of the molecule is CC(C)C(C)C1CNC(C#N)NC1. The van der Waals surface area contributed by atoms with Crippen molar-refractivity contribution in [1.82, 2.24) is 10.6 Å². The van der Waals surface area contributed by atoms with Gasteiger partial charge in [-0.2, -0.15) is 5.26 Å². The van der Waals surface area contributed by atoms with Crippen LogP contribution in [-0.2, 0) is 0 Å². The van der Waals surface area contributed by atoms with E-state index < -0.39 is 0 Å². The number of hydrogen-bond acceptors (Lipinski definition) is 3. The van der Waals surface area contributed by atoms with Crippen LogP contribution in [0.2, 0.25) is 0 Å². The average Bonchev–Trinajstić information content (AvgIpc) is 2.17. The third-order valence-electron chi connectivity index (χ3n) is 3.09. The zero-order chi connectivity index (χ0) is 9.84. The predicted molar refractivity (Wildman–Crippen MR) is 52.9 cm³/mol. The fraction of sp³-hybridized carbons (Fsp3) is 0.900. The minimum Gasteiger partial charge on any atom is -0.290 e. The van der Waals surface area contributed by atoms with Gasteiger partial charge in [0.25, 0.3) is 0 Å². The van der Waals surface area contributed by atoms with Crippen LogP contribution in [0.4, 0.5) is 0 Å². The molecule has 13 heavy (non-hydrogen) atoms. The van der Waals surface area contributed by atoms with Gasteiger partial charge in [-0.15, -0.1) is 0 Å². The van der Waals surface area contributed by atoms with E-state index in [1.807, 2.05) is 0 Å². The second-order valence-electron chi connectivity index (χ2n) is 4.24. The monoisotopic (exact) mass is 181 g/mol. The molecule has 0 aliphatic carbocycles. The fourth-order valence-electron chi connectivity index (χ4n) is 1.69. The Morgan fingerprint density at radius 1 is 1.23 bits per heavy atom. The van der Waals surface area contributed by atoms with Gasteiger partial charge in [0.1, 0.15) is 6.17 Å². The van der Waals surface area contributed by atoms with Gasteiger partial charge in [0.2, 0.25) is 0 Å². The second kappa shape index (κ2) is 4.59. The summed E-state index contributed by atoms with van der Waals surface area (Å²) in [7, 11) is 0. The molecular weight excluding hydrogens is 162 g/mol. The molecule has 1 saturated heterocycles. The maximum Gasteiger partial charge on any atom is 0.147 e. The molecule has 0 radical (unpaired) electrons. The normalized spacial score (nSPS) is 31.3. The highest BCUT2D eigenvalue weighted by Crippen LogP contribution is 2.20. The molecule has 0 aromatic rings. The lowest BCUT2D eigenvalue weighted by Gasteiger charge is -2.33. The van der Waals surface area contributed by atoms with Gasteiger partial charge in [-0.1, -0.05) is 20.8 Å². The molecule has 1 fully saturated rings. The maximum absolute atomic E-state index is 8.65. The van der Waals surface area contributed by atoms with Crippen LogP contribution >= 0.6 is 0 Å². The van der Waals surface area contributed by atoms with Crippen molar-refractivity contribution in [2.24, 2.45) is 17.8 Å². The van der Waals surface area contributed by atoms with Crippen molar-refractivity contribution in [1.29, 1.82) is 5.26 Å². The molecule has 0 amide bonds. The first-order valence-electron chi connectivity index (χ1n) is 5.01. The molecule has 1 heterocycles. The smallest absolute Gasteiger partial charge is 0.147 e. The summed E-state index contributed by atoms with van der Waals surface area (Å²) in [5, 5.41) is 15.0. The predicted octanol–water partition coefficient (Wildman–Crippen LogP) is 0.937. The van der Waals surface area contributed by atoms with E-state index >= 15 is 0 Å². The van der Waals surface area contributed by atoms with E-state index in [0.717, 1.165) is 13.1 Å². The van der Waals surface area contributed by atoms with Crippen molar-refractivity contribution in [3.05, 3.63) is 0 Å². The zero-order valence-corrected chi connectivity index (χ0v) is 8.67. The van der Waals surface area contributed by atoms with Crippen molar-refractivity contribution in [2.75, 3.05) is 13.1 Å². The minimum absolute atomic E-state index is 0.143. The molecule has 3 heteroatoms. The van der Waals surface area contributed by atoms with Crippen molar-refractivity contribution in [2.45, 2.75) is 26.9 Å². The van der Waals surface area contributed by atoms with Crippen LogP contribution < -0.4 is 10.6 Å². The highest BCUT2D eigenvalue weighted by Gasteiger charge is 2.25. The van der Waals surface area contributed by atoms with E-state index in [9.17, 15) is 0 Å². The van der Waals surface area contributed by atoms with Gasteiger partial charge in [-0.05, 0) is 17.8 Å². The van der Waals surface area contributed by atoms with Crippen LogP contribution in [0, 0.1) is 29.1 Å². The Morgan fingerprint density at radius 2 is 1.77 bits per heavy atom. The maximum atomic E-state index is 8.65. The first-order valence-corrected chi connectivity index (χ1v) is 5.01. The van der Waals surface area contributed by atoms with E-state index in [0.29, 0.717) is 17.8 Å². The van der Waals surface area contributed by atoms with E-state index in [1.165, 1.54) is 0 Å². The fourth-order valence-corrected chi connectivity index (χ4v) is 1.69.